The molecule has 2 amide bonds. The van der Waals surface area contributed by atoms with Gasteiger partial charge in [0.25, 0.3) is 11.8 Å². The highest BCUT2D eigenvalue weighted by atomic mass is 16.2. The van der Waals surface area contributed by atoms with Crippen LogP contribution in [0.2, 0.25) is 0 Å². The lowest BCUT2D eigenvalue weighted by Gasteiger charge is -1.98. The molecule has 2 heterocycles. The predicted octanol–water partition coefficient (Wildman–Crippen LogP) is 2.21. The number of aromatic nitrogens is 1. The molecule has 1 aliphatic rings. The first-order valence-electron chi connectivity index (χ1n) is 6.48. The summed E-state index contributed by atoms with van der Waals surface area (Å²) in [5.41, 5.74) is 2.44. The van der Waals surface area contributed by atoms with Crippen LogP contribution in [0, 0.1) is 0 Å². The number of carbonyl (C=O) groups excluding carboxylic acids is 2. The Labute approximate surface area is 121 Å². The maximum atomic E-state index is 11.9. The Kier molecular flexibility index (Phi) is 3.43. The van der Waals surface area contributed by atoms with E-state index in [0.29, 0.717) is 11.1 Å². The number of nitrogens with one attached hydrogen (secondary N) is 1. The average Bonchev–Trinajstić information content (AvgIpc) is 2.76. The molecule has 1 N–H and O–H groups in total. The van der Waals surface area contributed by atoms with Crippen molar-refractivity contribution in [1.82, 2.24) is 10.3 Å². The first-order chi connectivity index (χ1) is 10.2. The van der Waals surface area contributed by atoms with Crippen molar-refractivity contribution < 1.29 is 9.59 Å². The van der Waals surface area contributed by atoms with E-state index in [2.05, 4.69) is 10.3 Å². The predicted molar refractivity (Wildman–Crippen MR) is 79.8 cm³/mol. The van der Waals surface area contributed by atoms with Crippen LogP contribution in [-0.2, 0) is 9.59 Å². The van der Waals surface area contributed by atoms with E-state index in [0.717, 1.165) is 11.1 Å². The van der Waals surface area contributed by atoms with Crippen molar-refractivity contribution >= 4 is 24.0 Å². The Balaban J connectivity index is 2.05. The highest BCUT2D eigenvalue weighted by Gasteiger charge is 2.30. The number of benzene rings is 1. The molecule has 2 aromatic rings. The topological polar surface area (TPSA) is 59.1 Å². The fourth-order valence-electron chi connectivity index (χ4n) is 2.11. The van der Waals surface area contributed by atoms with E-state index in [1.165, 1.54) is 0 Å². The average molecular weight is 276 g/mol. The minimum atomic E-state index is -0.376. The lowest BCUT2D eigenvalue weighted by atomic mass is 10.0. The SMILES string of the molecule is O=C1NC(=O)C(=C/c2ccncc2)/C1=C/c1ccccc1. The molecule has 0 aliphatic carbocycles. The fraction of sp³-hybridized carbons (Fsp3) is 0. The summed E-state index contributed by atoms with van der Waals surface area (Å²) in [6.07, 6.45) is 6.69. The lowest BCUT2D eigenvalue weighted by Crippen LogP contribution is -2.19. The second-order valence-corrected chi connectivity index (χ2v) is 4.59. The quantitative estimate of drug-likeness (QED) is 0.675. The first kappa shape index (κ1) is 13.0. The maximum Gasteiger partial charge on any atom is 0.258 e. The molecule has 0 saturated carbocycles. The van der Waals surface area contributed by atoms with Crippen LogP contribution in [0.3, 0.4) is 0 Å². The summed E-state index contributed by atoms with van der Waals surface area (Å²) in [6.45, 7) is 0. The molecular formula is C17H12N2O2. The third-order valence-electron chi connectivity index (χ3n) is 3.13. The van der Waals surface area contributed by atoms with Gasteiger partial charge >= 0.3 is 0 Å². The molecule has 21 heavy (non-hydrogen) atoms. The zero-order valence-electron chi connectivity index (χ0n) is 11.1. The zero-order valence-corrected chi connectivity index (χ0v) is 11.1. The molecule has 0 spiro atoms. The molecule has 1 aromatic carbocycles. The standard InChI is InChI=1S/C17H12N2O2/c20-16-14(10-12-4-2-1-3-5-12)15(17(21)19-16)11-13-6-8-18-9-7-13/h1-11H,(H,19,20,21)/b14-10-,15-11+. The molecule has 3 rings (SSSR count). The van der Waals surface area contributed by atoms with Crippen molar-refractivity contribution in [2.45, 2.75) is 0 Å². The van der Waals surface area contributed by atoms with Crippen LogP contribution in [0.5, 0.6) is 0 Å². The van der Waals surface area contributed by atoms with Crippen LogP contribution < -0.4 is 5.32 Å². The number of rotatable bonds is 2. The van der Waals surface area contributed by atoms with E-state index in [4.69, 9.17) is 0 Å². The monoisotopic (exact) mass is 276 g/mol. The van der Waals surface area contributed by atoms with E-state index < -0.39 is 0 Å². The van der Waals surface area contributed by atoms with Crippen molar-refractivity contribution in [1.29, 1.82) is 0 Å². The second-order valence-electron chi connectivity index (χ2n) is 4.59. The number of hydrogen-bond donors (Lipinski definition) is 1. The van der Waals surface area contributed by atoms with E-state index in [-0.39, 0.29) is 11.8 Å². The van der Waals surface area contributed by atoms with Crippen LogP contribution >= 0.6 is 0 Å². The van der Waals surface area contributed by atoms with Crippen molar-refractivity contribution in [3.05, 3.63) is 77.1 Å². The molecule has 1 aromatic heterocycles. The van der Waals surface area contributed by atoms with Gasteiger partial charge in [0.2, 0.25) is 0 Å². The van der Waals surface area contributed by atoms with Crippen molar-refractivity contribution in [3.8, 4) is 0 Å². The van der Waals surface area contributed by atoms with Gasteiger partial charge in [-0.3, -0.25) is 19.9 Å². The van der Waals surface area contributed by atoms with Crippen molar-refractivity contribution in [3.63, 3.8) is 0 Å². The largest absolute Gasteiger partial charge is 0.288 e. The van der Waals surface area contributed by atoms with E-state index in [9.17, 15) is 9.59 Å². The summed E-state index contributed by atoms with van der Waals surface area (Å²) >= 11 is 0. The summed E-state index contributed by atoms with van der Waals surface area (Å²) < 4.78 is 0. The minimum absolute atomic E-state index is 0.370. The smallest absolute Gasteiger partial charge is 0.258 e. The van der Waals surface area contributed by atoms with Gasteiger partial charge in [0.1, 0.15) is 0 Å². The number of amides is 2. The number of nitrogens with zero attached hydrogens (tertiary/aromatic N) is 1. The van der Waals surface area contributed by atoms with Gasteiger partial charge in [-0.2, -0.15) is 0 Å². The molecular weight excluding hydrogens is 264 g/mol. The maximum absolute atomic E-state index is 11.9. The Morgan fingerprint density at radius 1 is 0.762 bits per heavy atom. The van der Waals surface area contributed by atoms with Crippen LogP contribution in [-0.4, -0.2) is 16.8 Å². The van der Waals surface area contributed by atoms with Gasteiger partial charge in [-0.1, -0.05) is 30.3 Å². The van der Waals surface area contributed by atoms with Gasteiger partial charge in [0, 0.05) is 12.4 Å². The van der Waals surface area contributed by atoms with Crippen LogP contribution in [0.15, 0.2) is 66.0 Å². The Bertz CT molecular complexity index is 681. The molecule has 102 valence electrons. The first-order valence-corrected chi connectivity index (χ1v) is 6.48. The third-order valence-corrected chi connectivity index (χ3v) is 3.13. The molecule has 0 unspecified atom stereocenters. The molecule has 0 radical (unpaired) electrons. The Hall–Kier alpha value is -3.01. The van der Waals surface area contributed by atoms with Crippen molar-refractivity contribution in [2.75, 3.05) is 0 Å². The number of pyridine rings is 1. The van der Waals surface area contributed by atoms with E-state index in [1.807, 2.05) is 30.3 Å². The van der Waals surface area contributed by atoms with Crippen LogP contribution in [0.4, 0.5) is 0 Å². The highest BCUT2D eigenvalue weighted by Crippen LogP contribution is 2.23. The summed E-state index contributed by atoms with van der Waals surface area (Å²) in [6, 6.07) is 13.0. The van der Waals surface area contributed by atoms with Gasteiger partial charge in [0.05, 0.1) is 11.1 Å². The molecule has 4 nitrogen and oxygen atoms in total. The van der Waals surface area contributed by atoms with E-state index >= 15 is 0 Å². The van der Waals surface area contributed by atoms with Gasteiger partial charge in [-0.25, -0.2) is 0 Å². The van der Waals surface area contributed by atoms with E-state index in [1.54, 1.807) is 36.7 Å². The minimum Gasteiger partial charge on any atom is -0.288 e. The van der Waals surface area contributed by atoms with Crippen LogP contribution in [0.25, 0.3) is 12.2 Å². The lowest BCUT2D eigenvalue weighted by molar-refractivity contribution is -0.123. The summed E-state index contributed by atoms with van der Waals surface area (Å²) in [5, 5.41) is 2.33. The van der Waals surface area contributed by atoms with Gasteiger partial charge in [-0.05, 0) is 35.4 Å². The molecule has 1 aliphatic heterocycles. The highest BCUT2D eigenvalue weighted by molar-refractivity contribution is 6.28. The number of hydrogen-bond acceptors (Lipinski definition) is 3. The molecule has 0 atom stereocenters. The normalized spacial score (nSPS) is 18.3. The van der Waals surface area contributed by atoms with Crippen molar-refractivity contribution in [2.24, 2.45) is 0 Å². The fourth-order valence-corrected chi connectivity index (χ4v) is 2.11. The molecule has 1 saturated heterocycles. The summed E-state index contributed by atoms with van der Waals surface area (Å²) in [5.74, 6) is -0.747. The summed E-state index contributed by atoms with van der Waals surface area (Å²) in [7, 11) is 0. The Morgan fingerprint density at radius 2 is 1.29 bits per heavy atom. The Morgan fingerprint density at radius 3 is 1.86 bits per heavy atom. The van der Waals surface area contributed by atoms with Gasteiger partial charge < -0.3 is 0 Å². The van der Waals surface area contributed by atoms with Gasteiger partial charge in [-0.15, -0.1) is 0 Å². The van der Waals surface area contributed by atoms with Crippen LogP contribution in [0.1, 0.15) is 11.1 Å². The molecule has 1 fully saturated rings. The third kappa shape index (κ3) is 2.79. The number of carbonyl (C=O) groups is 2. The van der Waals surface area contributed by atoms with Gasteiger partial charge in [0.15, 0.2) is 0 Å². The molecule has 4 heteroatoms. The zero-order chi connectivity index (χ0) is 14.7. The summed E-state index contributed by atoms with van der Waals surface area (Å²) in [4.78, 5) is 27.8. The molecule has 0 bridgehead atoms. The second kappa shape index (κ2) is 5.54. The number of imide groups is 1.